The van der Waals surface area contributed by atoms with E-state index in [9.17, 15) is 9.90 Å². The van der Waals surface area contributed by atoms with Crippen molar-refractivity contribution in [3.05, 3.63) is 24.3 Å². The Labute approximate surface area is 202 Å². The summed E-state index contributed by atoms with van der Waals surface area (Å²) in [6.45, 7) is 2.97. The lowest BCUT2D eigenvalue weighted by atomic mass is 10.00. The molecule has 1 unspecified atom stereocenters. The van der Waals surface area contributed by atoms with Gasteiger partial charge in [-0.15, -0.1) is 0 Å². The fourth-order valence-electron chi connectivity index (χ4n) is 4.27. The Balaban J connectivity index is 1.92. The number of hydrogen-bond donors (Lipinski definition) is 3. The average molecular weight is 464 g/mol. The zero-order chi connectivity index (χ0) is 24.0. The van der Waals surface area contributed by atoms with E-state index in [1.54, 1.807) is 24.3 Å². The lowest BCUT2D eigenvalue weighted by Crippen LogP contribution is -2.33. The van der Waals surface area contributed by atoms with Crippen LogP contribution in [0.2, 0.25) is 0 Å². The number of benzene rings is 1. The minimum absolute atomic E-state index is 0.127. The second-order valence-corrected chi connectivity index (χ2v) is 9.37. The highest BCUT2D eigenvalue weighted by Gasteiger charge is 2.10. The molecule has 0 aliphatic carbocycles. The molecule has 3 N–H and O–H groups in total. The molecule has 0 heterocycles. The molecule has 1 rings (SSSR count). The molecule has 1 atom stereocenters. The molecule has 5 nitrogen and oxygen atoms in total. The van der Waals surface area contributed by atoms with E-state index in [-0.39, 0.29) is 11.8 Å². The minimum Gasteiger partial charge on any atom is -0.508 e. The Kier molecular flexibility index (Phi) is 18.2. The highest BCUT2D eigenvalue weighted by atomic mass is 16.5. The smallest absolute Gasteiger partial charge is 0.404 e. The van der Waals surface area contributed by atoms with Crippen molar-refractivity contribution in [2.24, 2.45) is 0 Å². The van der Waals surface area contributed by atoms with Crippen LogP contribution in [0.3, 0.4) is 0 Å². The number of phenolic OH excluding ortho intramolecular Hbond substituents is 1. The van der Waals surface area contributed by atoms with Gasteiger partial charge in [-0.2, -0.15) is 0 Å². The first-order chi connectivity index (χ1) is 16.1. The lowest BCUT2D eigenvalue weighted by Gasteiger charge is -2.16. The van der Waals surface area contributed by atoms with Gasteiger partial charge in [-0.3, -0.25) is 0 Å². The third-order valence-electron chi connectivity index (χ3n) is 6.29. The molecule has 1 aromatic rings. The number of carboxylic acid groups (broad SMARTS) is 1. The average Bonchev–Trinajstić information content (AvgIpc) is 2.79. The van der Waals surface area contributed by atoms with Crippen LogP contribution in [-0.2, 0) is 0 Å². The number of unbranched alkanes of at least 4 members (excludes halogenated alkanes) is 14. The van der Waals surface area contributed by atoms with E-state index in [2.05, 4.69) is 12.2 Å². The van der Waals surface area contributed by atoms with E-state index >= 15 is 0 Å². The van der Waals surface area contributed by atoms with Crippen molar-refractivity contribution in [2.45, 2.75) is 129 Å². The van der Waals surface area contributed by atoms with Crippen LogP contribution in [0.15, 0.2) is 24.3 Å². The number of nitrogens with one attached hydrogen (secondary N) is 1. The highest BCUT2D eigenvalue weighted by molar-refractivity contribution is 5.64. The Morgan fingerprint density at radius 1 is 0.758 bits per heavy atom. The number of carbonyl (C=O) groups is 1. The van der Waals surface area contributed by atoms with E-state index in [1.165, 1.54) is 83.5 Å². The van der Waals surface area contributed by atoms with Gasteiger partial charge in [-0.1, -0.05) is 103 Å². The van der Waals surface area contributed by atoms with E-state index in [4.69, 9.17) is 9.84 Å². The van der Waals surface area contributed by atoms with Gasteiger partial charge < -0.3 is 20.3 Å². The first-order valence-corrected chi connectivity index (χ1v) is 13.5. The molecule has 0 bridgehead atoms. The maximum absolute atomic E-state index is 11.1. The molecule has 0 saturated heterocycles. The first kappa shape index (κ1) is 29.1. The van der Waals surface area contributed by atoms with Crippen LogP contribution in [0.4, 0.5) is 4.79 Å². The zero-order valence-corrected chi connectivity index (χ0v) is 21.0. The summed E-state index contributed by atoms with van der Waals surface area (Å²) in [7, 11) is 0. The molecule has 1 amide bonds. The van der Waals surface area contributed by atoms with Gasteiger partial charge in [0, 0.05) is 6.04 Å². The summed E-state index contributed by atoms with van der Waals surface area (Å²) in [4.78, 5) is 11.1. The summed E-state index contributed by atoms with van der Waals surface area (Å²) >= 11 is 0. The predicted octanol–water partition coefficient (Wildman–Crippen LogP) is 8.45. The van der Waals surface area contributed by atoms with Crippen LogP contribution in [0.5, 0.6) is 11.5 Å². The molecule has 0 spiro atoms. The second-order valence-electron chi connectivity index (χ2n) is 9.37. The molecule has 0 radical (unpaired) electrons. The maximum Gasteiger partial charge on any atom is 0.404 e. The van der Waals surface area contributed by atoms with Gasteiger partial charge >= 0.3 is 6.09 Å². The van der Waals surface area contributed by atoms with Crippen LogP contribution in [0, 0.1) is 0 Å². The fourth-order valence-corrected chi connectivity index (χ4v) is 4.27. The van der Waals surface area contributed by atoms with Gasteiger partial charge in [0.25, 0.3) is 0 Å². The van der Waals surface area contributed by atoms with Crippen molar-refractivity contribution in [3.8, 4) is 11.5 Å². The Bertz CT molecular complexity index is 576. The van der Waals surface area contributed by atoms with Crippen molar-refractivity contribution in [1.29, 1.82) is 0 Å². The molecular weight excluding hydrogens is 414 g/mol. The molecule has 0 fully saturated rings. The maximum atomic E-state index is 11.1. The number of phenols is 1. The fraction of sp³-hybridized carbons (Fsp3) is 0.750. The van der Waals surface area contributed by atoms with Crippen molar-refractivity contribution < 1.29 is 19.7 Å². The Morgan fingerprint density at radius 2 is 1.21 bits per heavy atom. The SMILES string of the molecule is CCCCCCCCCC(CCCCCCCCCCCOc1ccc(O)cc1)NC(=O)O. The first-order valence-electron chi connectivity index (χ1n) is 13.5. The van der Waals surface area contributed by atoms with Crippen molar-refractivity contribution in [3.63, 3.8) is 0 Å². The molecule has 5 heteroatoms. The van der Waals surface area contributed by atoms with Crippen LogP contribution in [0.25, 0.3) is 0 Å². The molecule has 0 saturated carbocycles. The molecule has 33 heavy (non-hydrogen) atoms. The Hall–Kier alpha value is -1.91. The van der Waals surface area contributed by atoms with Gasteiger partial charge in [0.15, 0.2) is 0 Å². The second kappa shape index (κ2) is 20.7. The van der Waals surface area contributed by atoms with Crippen LogP contribution in [-0.4, -0.2) is 29.0 Å². The largest absolute Gasteiger partial charge is 0.508 e. The summed E-state index contributed by atoms with van der Waals surface area (Å²) in [6.07, 6.45) is 20.9. The van der Waals surface area contributed by atoms with Crippen molar-refractivity contribution in [1.82, 2.24) is 5.32 Å². The summed E-state index contributed by atoms with van der Waals surface area (Å²) in [5.74, 6) is 1.08. The summed E-state index contributed by atoms with van der Waals surface area (Å²) in [5.41, 5.74) is 0. The summed E-state index contributed by atoms with van der Waals surface area (Å²) < 4.78 is 5.67. The zero-order valence-electron chi connectivity index (χ0n) is 21.0. The minimum atomic E-state index is -0.878. The Morgan fingerprint density at radius 3 is 1.70 bits per heavy atom. The van der Waals surface area contributed by atoms with Crippen LogP contribution >= 0.6 is 0 Å². The van der Waals surface area contributed by atoms with E-state index in [0.29, 0.717) is 0 Å². The van der Waals surface area contributed by atoms with Crippen molar-refractivity contribution in [2.75, 3.05) is 6.61 Å². The van der Waals surface area contributed by atoms with E-state index < -0.39 is 6.09 Å². The van der Waals surface area contributed by atoms with Crippen LogP contribution in [0.1, 0.15) is 122 Å². The monoisotopic (exact) mass is 463 g/mol. The number of rotatable bonds is 22. The summed E-state index contributed by atoms with van der Waals surface area (Å²) in [6, 6.07) is 7.01. The quantitative estimate of drug-likeness (QED) is 0.151. The van der Waals surface area contributed by atoms with Crippen LogP contribution < -0.4 is 10.1 Å². The molecule has 1 aromatic carbocycles. The standard InChI is InChI=1S/C28H49NO4/c1-2-3-4-5-9-12-15-18-25(29-28(31)32)19-16-13-10-7-6-8-11-14-17-24-33-27-22-20-26(30)21-23-27/h20-23,25,29-30H,2-19,24H2,1H3,(H,31,32). The molecule has 0 aromatic heterocycles. The number of hydrogen-bond acceptors (Lipinski definition) is 3. The van der Waals surface area contributed by atoms with E-state index in [1.807, 2.05) is 0 Å². The highest BCUT2D eigenvalue weighted by Crippen LogP contribution is 2.17. The molecule has 0 aliphatic rings. The molecular formula is C28H49NO4. The van der Waals surface area contributed by atoms with Gasteiger partial charge in [-0.05, 0) is 43.5 Å². The number of amides is 1. The lowest BCUT2D eigenvalue weighted by molar-refractivity contribution is 0.187. The molecule has 190 valence electrons. The van der Waals surface area contributed by atoms with Gasteiger partial charge in [0.1, 0.15) is 11.5 Å². The van der Waals surface area contributed by atoms with Gasteiger partial charge in [0.2, 0.25) is 0 Å². The normalized spacial score (nSPS) is 11.9. The van der Waals surface area contributed by atoms with Crippen molar-refractivity contribution >= 4 is 6.09 Å². The number of aromatic hydroxyl groups is 1. The predicted molar refractivity (Wildman–Crippen MR) is 137 cm³/mol. The van der Waals surface area contributed by atoms with Gasteiger partial charge in [0.05, 0.1) is 6.61 Å². The molecule has 0 aliphatic heterocycles. The topological polar surface area (TPSA) is 78.8 Å². The number of ether oxygens (including phenoxy) is 1. The van der Waals surface area contributed by atoms with E-state index in [0.717, 1.165) is 44.5 Å². The van der Waals surface area contributed by atoms with Gasteiger partial charge in [-0.25, -0.2) is 4.79 Å². The summed E-state index contributed by atoms with van der Waals surface area (Å²) in [5, 5.41) is 21.1. The third-order valence-corrected chi connectivity index (χ3v) is 6.29. The third kappa shape index (κ3) is 18.2.